The van der Waals surface area contributed by atoms with Crippen LogP contribution >= 0.6 is 0 Å². The van der Waals surface area contributed by atoms with Crippen LogP contribution in [0.5, 0.6) is 0 Å². The highest BCUT2D eigenvalue weighted by Gasteiger charge is 2.49. The lowest BCUT2D eigenvalue weighted by molar-refractivity contribution is 0.0871. The number of rotatable bonds is 3. The van der Waals surface area contributed by atoms with Gasteiger partial charge in [0, 0.05) is 17.5 Å². The highest BCUT2D eigenvalue weighted by atomic mass is 16.1. The molecule has 2 fully saturated rings. The summed E-state index contributed by atoms with van der Waals surface area (Å²) in [6.45, 7) is 2.04. The molecule has 0 amide bonds. The van der Waals surface area contributed by atoms with Gasteiger partial charge in [-0.05, 0) is 50.5 Å². The van der Waals surface area contributed by atoms with E-state index in [0.29, 0.717) is 12.2 Å². The van der Waals surface area contributed by atoms with E-state index in [-0.39, 0.29) is 11.0 Å². The SMILES string of the molecule is Cc1cccc(C(=O)CC23CCCC(N)(CC2)C3)c1. The van der Waals surface area contributed by atoms with E-state index in [1.807, 2.05) is 31.2 Å². The summed E-state index contributed by atoms with van der Waals surface area (Å²) < 4.78 is 0. The van der Waals surface area contributed by atoms with Crippen molar-refractivity contribution in [2.45, 2.75) is 57.4 Å². The molecule has 1 aromatic carbocycles. The van der Waals surface area contributed by atoms with Crippen molar-refractivity contribution in [3.8, 4) is 0 Å². The number of carbonyl (C=O) groups is 1. The Morgan fingerprint density at radius 2 is 2.11 bits per heavy atom. The molecule has 2 saturated carbocycles. The van der Waals surface area contributed by atoms with Crippen LogP contribution in [-0.4, -0.2) is 11.3 Å². The van der Waals surface area contributed by atoms with Crippen molar-refractivity contribution in [2.24, 2.45) is 11.1 Å². The number of carbonyl (C=O) groups excluding carboxylic acids is 1. The van der Waals surface area contributed by atoms with Gasteiger partial charge in [-0.15, -0.1) is 0 Å². The molecule has 1 aromatic rings. The van der Waals surface area contributed by atoms with Crippen molar-refractivity contribution in [2.75, 3.05) is 0 Å². The van der Waals surface area contributed by atoms with Crippen LogP contribution in [0.3, 0.4) is 0 Å². The average Bonchev–Trinajstić information content (AvgIpc) is 2.59. The summed E-state index contributed by atoms with van der Waals surface area (Å²) in [7, 11) is 0. The lowest BCUT2D eigenvalue weighted by Crippen LogP contribution is -2.41. The number of benzene rings is 1. The van der Waals surface area contributed by atoms with E-state index >= 15 is 0 Å². The van der Waals surface area contributed by atoms with Crippen LogP contribution in [0.1, 0.15) is 60.9 Å². The minimum atomic E-state index is 0.0329. The molecule has 0 aliphatic heterocycles. The zero-order valence-electron chi connectivity index (χ0n) is 11.7. The second-order valence-corrected chi connectivity index (χ2v) is 6.86. The fourth-order valence-electron chi connectivity index (χ4n) is 4.18. The van der Waals surface area contributed by atoms with Crippen molar-refractivity contribution < 1.29 is 4.79 Å². The second-order valence-electron chi connectivity index (χ2n) is 6.86. The lowest BCUT2D eigenvalue weighted by atomic mass is 9.70. The van der Waals surface area contributed by atoms with E-state index in [4.69, 9.17) is 5.73 Å². The molecule has 0 spiro atoms. The number of aryl methyl sites for hydroxylation is 1. The van der Waals surface area contributed by atoms with Gasteiger partial charge in [0.05, 0.1) is 0 Å². The highest BCUT2D eigenvalue weighted by Crippen LogP contribution is 2.54. The Bertz CT molecular complexity index is 510. The molecule has 2 unspecified atom stereocenters. The molecule has 2 heteroatoms. The fraction of sp³-hybridized carbons (Fsp3) is 0.588. The van der Waals surface area contributed by atoms with Gasteiger partial charge in [-0.25, -0.2) is 0 Å². The number of ketones is 1. The highest BCUT2D eigenvalue weighted by molar-refractivity contribution is 5.96. The largest absolute Gasteiger partial charge is 0.325 e. The third kappa shape index (κ3) is 2.46. The van der Waals surface area contributed by atoms with Gasteiger partial charge in [-0.3, -0.25) is 4.79 Å². The van der Waals surface area contributed by atoms with Crippen molar-refractivity contribution in [3.05, 3.63) is 35.4 Å². The van der Waals surface area contributed by atoms with Crippen LogP contribution in [0.2, 0.25) is 0 Å². The van der Waals surface area contributed by atoms with Crippen molar-refractivity contribution >= 4 is 5.78 Å². The summed E-state index contributed by atoms with van der Waals surface area (Å²) in [4.78, 5) is 12.5. The third-order valence-electron chi connectivity index (χ3n) is 5.14. The zero-order chi connectivity index (χ0) is 13.5. The molecular weight excluding hydrogens is 234 g/mol. The molecule has 2 atom stereocenters. The molecule has 0 saturated heterocycles. The molecule has 2 N–H and O–H groups in total. The predicted octanol–water partition coefficient (Wildman–Crippen LogP) is 3.62. The first-order valence-electron chi connectivity index (χ1n) is 7.39. The monoisotopic (exact) mass is 257 g/mol. The van der Waals surface area contributed by atoms with Crippen LogP contribution in [0.15, 0.2) is 24.3 Å². The summed E-state index contributed by atoms with van der Waals surface area (Å²) >= 11 is 0. The molecule has 0 aromatic heterocycles. The van der Waals surface area contributed by atoms with Crippen LogP contribution in [0.25, 0.3) is 0 Å². The van der Waals surface area contributed by atoms with Gasteiger partial charge < -0.3 is 5.73 Å². The van der Waals surface area contributed by atoms with Crippen LogP contribution < -0.4 is 5.73 Å². The molecule has 3 rings (SSSR count). The molecule has 102 valence electrons. The number of hydrogen-bond acceptors (Lipinski definition) is 2. The average molecular weight is 257 g/mol. The maximum atomic E-state index is 12.5. The Balaban J connectivity index is 1.77. The summed E-state index contributed by atoms with van der Waals surface area (Å²) in [5.74, 6) is 0.301. The molecule has 2 bridgehead atoms. The minimum Gasteiger partial charge on any atom is -0.325 e. The quantitative estimate of drug-likeness (QED) is 0.840. The van der Waals surface area contributed by atoms with Crippen LogP contribution in [0, 0.1) is 12.3 Å². The number of fused-ring (bicyclic) bond motifs is 2. The Morgan fingerprint density at radius 3 is 2.89 bits per heavy atom. The van der Waals surface area contributed by atoms with Gasteiger partial charge in [0.2, 0.25) is 0 Å². The van der Waals surface area contributed by atoms with Crippen molar-refractivity contribution in [3.63, 3.8) is 0 Å². The topological polar surface area (TPSA) is 43.1 Å². The third-order valence-corrected chi connectivity index (χ3v) is 5.14. The fourth-order valence-corrected chi connectivity index (χ4v) is 4.18. The Labute approximate surface area is 115 Å². The van der Waals surface area contributed by atoms with Gasteiger partial charge in [0.25, 0.3) is 0 Å². The smallest absolute Gasteiger partial charge is 0.163 e. The maximum absolute atomic E-state index is 12.5. The molecule has 0 heterocycles. The first-order chi connectivity index (χ1) is 9.00. The predicted molar refractivity (Wildman–Crippen MR) is 77.2 cm³/mol. The normalized spacial score (nSPS) is 33.4. The molecule has 2 nitrogen and oxygen atoms in total. The second kappa shape index (κ2) is 4.45. The van der Waals surface area contributed by atoms with E-state index in [1.54, 1.807) is 0 Å². The van der Waals surface area contributed by atoms with Gasteiger partial charge in [-0.1, -0.05) is 30.2 Å². The van der Waals surface area contributed by atoms with Crippen LogP contribution in [0.4, 0.5) is 0 Å². The Morgan fingerprint density at radius 1 is 1.26 bits per heavy atom. The number of nitrogens with two attached hydrogens (primary N) is 1. The maximum Gasteiger partial charge on any atom is 0.163 e. The van der Waals surface area contributed by atoms with E-state index in [0.717, 1.165) is 36.8 Å². The molecule has 2 aliphatic rings. The van der Waals surface area contributed by atoms with Gasteiger partial charge in [0.1, 0.15) is 0 Å². The van der Waals surface area contributed by atoms with E-state index in [9.17, 15) is 4.79 Å². The Hall–Kier alpha value is -1.15. The minimum absolute atomic E-state index is 0.0329. The van der Waals surface area contributed by atoms with Crippen molar-refractivity contribution in [1.29, 1.82) is 0 Å². The van der Waals surface area contributed by atoms with E-state index in [2.05, 4.69) is 0 Å². The number of hydrogen-bond donors (Lipinski definition) is 1. The standard InChI is InChI=1S/C17H23NO/c1-13-4-2-5-14(10-13)15(19)11-16-6-3-7-17(18,12-16)9-8-16/h2,4-5,10H,3,6-9,11-12,18H2,1H3. The summed E-state index contributed by atoms with van der Waals surface area (Å²) in [5, 5.41) is 0. The van der Waals surface area contributed by atoms with E-state index in [1.165, 1.54) is 12.8 Å². The summed E-state index contributed by atoms with van der Waals surface area (Å²) in [6, 6.07) is 7.96. The summed E-state index contributed by atoms with van der Waals surface area (Å²) in [6.07, 6.45) is 7.51. The Kier molecular flexibility index (Phi) is 3.01. The molecular formula is C17H23NO. The zero-order valence-corrected chi connectivity index (χ0v) is 11.7. The lowest BCUT2D eigenvalue weighted by Gasteiger charge is -2.37. The molecule has 2 aliphatic carbocycles. The first kappa shape index (κ1) is 12.9. The van der Waals surface area contributed by atoms with Gasteiger partial charge in [0.15, 0.2) is 5.78 Å². The first-order valence-corrected chi connectivity index (χ1v) is 7.39. The molecule has 0 radical (unpaired) electrons. The molecule has 19 heavy (non-hydrogen) atoms. The van der Waals surface area contributed by atoms with Gasteiger partial charge in [-0.2, -0.15) is 0 Å². The number of Topliss-reactive ketones (excluding diaryl/α,β-unsaturated/α-hetero) is 1. The summed E-state index contributed by atoms with van der Waals surface area (Å²) in [5.41, 5.74) is 8.68. The van der Waals surface area contributed by atoms with E-state index < -0.39 is 0 Å². The van der Waals surface area contributed by atoms with Crippen molar-refractivity contribution in [1.82, 2.24) is 0 Å². The van der Waals surface area contributed by atoms with Crippen LogP contribution in [-0.2, 0) is 0 Å². The van der Waals surface area contributed by atoms with Gasteiger partial charge >= 0.3 is 0 Å².